The number of benzene rings is 1. The van der Waals surface area contributed by atoms with E-state index >= 15 is 0 Å². The van der Waals surface area contributed by atoms with E-state index in [1.54, 1.807) is 7.11 Å². The van der Waals surface area contributed by atoms with E-state index < -0.39 is 0 Å². The zero-order chi connectivity index (χ0) is 12.1. The molecule has 1 aliphatic rings. The quantitative estimate of drug-likeness (QED) is 0.867. The molecular weight excluding hydrogens is 212 g/mol. The van der Waals surface area contributed by atoms with E-state index in [1.165, 1.54) is 19.3 Å². The van der Waals surface area contributed by atoms with Crippen LogP contribution in [0.4, 0.5) is 0 Å². The van der Waals surface area contributed by atoms with Gasteiger partial charge in [-0.1, -0.05) is 43.2 Å². The van der Waals surface area contributed by atoms with Crippen molar-refractivity contribution in [2.45, 2.75) is 31.8 Å². The van der Waals surface area contributed by atoms with Crippen LogP contribution in [0.3, 0.4) is 0 Å². The minimum Gasteiger partial charge on any atom is -0.388 e. The predicted octanol–water partition coefficient (Wildman–Crippen LogP) is 3.17. The Kier molecular flexibility index (Phi) is 4.57. The van der Waals surface area contributed by atoms with Gasteiger partial charge in [-0.15, -0.1) is 0 Å². The molecule has 0 radical (unpaired) electrons. The van der Waals surface area contributed by atoms with Gasteiger partial charge in [-0.2, -0.15) is 0 Å². The third kappa shape index (κ3) is 3.08. The van der Waals surface area contributed by atoms with Crippen LogP contribution < -0.4 is 0 Å². The molecule has 3 unspecified atom stereocenters. The normalized spacial score (nSPS) is 26.7. The lowest BCUT2D eigenvalue weighted by Crippen LogP contribution is -2.28. The summed E-state index contributed by atoms with van der Waals surface area (Å²) in [5.74, 6) is 0.857. The Balaban J connectivity index is 2.08. The van der Waals surface area contributed by atoms with Crippen LogP contribution in [0.5, 0.6) is 0 Å². The molecule has 0 aromatic heterocycles. The van der Waals surface area contributed by atoms with Gasteiger partial charge in [-0.3, -0.25) is 0 Å². The van der Waals surface area contributed by atoms with E-state index in [2.05, 4.69) is 0 Å². The van der Waals surface area contributed by atoms with Crippen molar-refractivity contribution in [2.24, 2.45) is 11.8 Å². The van der Waals surface area contributed by atoms with E-state index in [1.807, 2.05) is 30.3 Å². The van der Waals surface area contributed by atoms with Crippen molar-refractivity contribution >= 4 is 0 Å². The van der Waals surface area contributed by atoms with Gasteiger partial charge in [-0.05, 0) is 30.2 Å². The first-order valence-electron chi connectivity index (χ1n) is 6.55. The topological polar surface area (TPSA) is 29.5 Å². The van der Waals surface area contributed by atoms with Crippen LogP contribution in [0.25, 0.3) is 0 Å². The Hall–Kier alpha value is -0.860. The highest BCUT2D eigenvalue weighted by molar-refractivity contribution is 5.18. The number of hydrogen-bond acceptors (Lipinski definition) is 2. The lowest BCUT2D eigenvalue weighted by Gasteiger charge is -2.34. The fraction of sp³-hybridized carbons (Fsp3) is 0.600. The van der Waals surface area contributed by atoms with E-state index in [0.29, 0.717) is 11.8 Å². The van der Waals surface area contributed by atoms with E-state index in [9.17, 15) is 5.11 Å². The summed E-state index contributed by atoms with van der Waals surface area (Å²) in [6.07, 6.45) is 4.46. The third-order valence-corrected chi connectivity index (χ3v) is 3.90. The van der Waals surface area contributed by atoms with Crippen molar-refractivity contribution < 1.29 is 9.84 Å². The molecule has 1 N–H and O–H groups in total. The summed E-state index contributed by atoms with van der Waals surface area (Å²) in [5.41, 5.74) is 1.04. The minimum absolute atomic E-state index is 0.336. The van der Waals surface area contributed by atoms with Gasteiger partial charge in [0.05, 0.1) is 6.10 Å². The largest absolute Gasteiger partial charge is 0.388 e. The number of rotatable bonds is 4. The fourth-order valence-corrected chi connectivity index (χ4v) is 2.97. The number of ether oxygens (including phenoxy) is 1. The number of methoxy groups -OCH3 is 1. The molecule has 0 heterocycles. The van der Waals surface area contributed by atoms with Crippen molar-refractivity contribution in [3.05, 3.63) is 35.9 Å². The summed E-state index contributed by atoms with van der Waals surface area (Å²) in [6.45, 7) is 0.772. The summed E-state index contributed by atoms with van der Waals surface area (Å²) in [7, 11) is 1.75. The second-order valence-corrected chi connectivity index (χ2v) is 5.02. The SMILES string of the molecule is COCC1CCCCC1C(O)c1ccccc1. The van der Waals surface area contributed by atoms with E-state index in [0.717, 1.165) is 18.6 Å². The first-order chi connectivity index (χ1) is 8.33. The first-order valence-corrected chi connectivity index (χ1v) is 6.55. The van der Waals surface area contributed by atoms with Crippen LogP contribution in [-0.2, 0) is 4.74 Å². The maximum atomic E-state index is 10.5. The summed E-state index contributed by atoms with van der Waals surface area (Å²) < 4.78 is 5.29. The Labute approximate surface area is 104 Å². The Bertz CT molecular complexity index is 321. The third-order valence-electron chi connectivity index (χ3n) is 3.90. The molecule has 3 atom stereocenters. The lowest BCUT2D eigenvalue weighted by molar-refractivity contribution is 0.0116. The Morgan fingerprint density at radius 2 is 1.94 bits per heavy atom. The van der Waals surface area contributed by atoms with Crippen LogP contribution in [0.15, 0.2) is 30.3 Å². The van der Waals surface area contributed by atoms with Crippen molar-refractivity contribution in [3.8, 4) is 0 Å². The van der Waals surface area contributed by atoms with Gasteiger partial charge in [0.15, 0.2) is 0 Å². The molecule has 1 fully saturated rings. The van der Waals surface area contributed by atoms with Gasteiger partial charge in [0.2, 0.25) is 0 Å². The highest BCUT2D eigenvalue weighted by Crippen LogP contribution is 2.38. The monoisotopic (exact) mass is 234 g/mol. The highest BCUT2D eigenvalue weighted by Gasteiger charge is 2.31. The number of aliphatic hydroxyl groups excluding tert-OH is 1. The van der Waals surface area contributed by atoms with Crippen LogP contribution in [0.2, 0.25) is 0 Å². The molecule has 1 aromatic rings. The summed E-state index contributed by atoms with van der Waals surface area (Å²) in [5, 5.41) is 10.5. The molecule has 1 aromatic carbocycles. The van der Waals surface area contributed by atoms with Gasteiger partial charge < -0.3 is 9.84 Å². The van der Waals surface area contributed by atoms with Crippen LogP contribution in [0.1, 0.15) is 37.4 Å². The average molecular weight is 234 g/mol. The molecule has 0 saturated heterocycles. The molecular formula is C15H22O2. The zero-order valence-electron chi connectivity index (χ0n) is 10.5. The van der Waals surface area contributed by atoms with E-state index in [4.69, 9.17) is 4.74 Å². The highest BCUT2D eigenvalue weighted by atomic mass is 16.5. The standard InChI is InChI=1S/C15H22O2/c1-17-11-13-9-5-6-10-14(13)15(16)12-7-3-2-4-8-12/h2-4,7-8,13-16H,5-6,9-11H2,1H3. The first kappa shape index (κ1) is 12.6. The molecule has 94 valence electrons. The molecule has 1 aliphatic carbocycles. The summed E-state index contributed by atoms with van der Waals surface area (Å²) in [6, 6.07) is 10.0. The van der Waals surface area contributed by atoms with Gasteiger partial charge in [-0.25, -0.2) is 0 Å². The van der Waals surface area contributed by atoms with Crippen LogP contribution in [0, 0.1) is 11.8 Å². The van der Waals surface area contributed by atoms with Crippen molar-refractivity contribution in [1.82, 2.24) is 0 Å². The molecule has 2 nitrogen and oxygen atoms in total. The van der Waals surface area contributed by atoms with Crippen LogP contribution >= 0.6 is 0 Å². The Morgan fingerprint density at radius 3 is 2.65 bits per heavy atom. The second-order valence-electron chi connectivity index (χ2n) is 5.02. The number of hydrogen-bond donors (Lipinski definition) is 1. The average Bonchev–Trinajstić information content (AvgIpc) is 2.40. The summed E-state index contributed by atoms with van der Waals surface area (Å²) in [4.78, 5) is 0. The molecule has 0 spiro atoms. The van der Waals surface area contributed by atoms with Gasteiger partial charge in [0.25, 0.3) is 0 Å². The maximum absolute atomic E-state index is 10.5. The smallest absolute Gasteiger partial charge is 0.0821 e. The molecule has 2 heteroatoms. The van der Waals surface area contributed by atoms with Gasteiger partial charge in [0.1, 0.15) is 0 Å². The van der Waals surface area contributed by atoms with Gasteiger partial charge in [0, 0.05) is 13.7 Å². The molecule has 17 heavy (non-hydrogen) atoms. The zero-order valence-corrected chi connectivity index (χ0v) is 10.5. The Morgan fingerprint density at radius 1 is 1.24 bits per heavy atom. The number of aliphatic hydroxyl groups is 1. The van der Waals surface area contributed by atoms with Crippen LogP contribution in [-0.4, -0.2) is 18.8 Å². The molecule has 0 bridgehead atoms. The predicted molar refractivity (Wildman–Crippen MR) is 68.7 cm³/mol. The van der Waals surface area contributed by atoms with Crippen molar-refractivity contribution in [1.29, 1.82) is 0 Å². The molecule has 0 aliphatic heterocycles. The molecule has 2 rings (SSSR count). The van der Waals surface area contributed by atoms with E-state index in [-0.39, 0.29) is 6.10 Å². The minimum atomic E-state index is -0.336. The lowest BCUT2D eigenvalue weighted by atomic mass is 9.75. The van der Waals surface area contributed by atoms with Gasteiger partial charge >= 0.3 is 0 Å². The molecule has 0 amide bonds. The summed E-state index contributed by atoms with van der Waals surface area (Å²) >= 11 is 0. The second kappa shape index (κ2) is 6.18. The molecule has 1 saturated carbocycles. The van der Waals surface area contributed by atoms with Crippen molar-refractivity contribution in [2.75, 3.05) is 13.7 Å². The fourth-order valence-electron chi connectivity index (χ4n) is 2.97. The van der Waals surface area contributed by atoms with Crippen molar-refractivity contribution in [3.63, 3.8) is 0 Å². The maximum Gasteiger partial charge on any atom is 0.0821 e.